The van der Waals surface area contributed by atoms with Crippen molar-refractivity contribution in [2.24, 2.45) is 5.92 Å². The lowest BCUT2D eigenvalue weighted by Crippen LogP contribution is -2.37. The number of rotatable bonds is 14. The standard InChI is InChI=1S/C20H28N6O4.C18H26N6O4/c1-2-30-15(27)12-26-13-21-16-17(25-8-10-29-11-9-25)22-20(23-18(16)26)24-19(28)14-6-4-3-5-7-14;1-3-5-6-13(25)20-18-21-16(23-7-9-27-10-8-23)15-17(22-18)24(12-19-15)11-14(26)28-4-2/h13-14H,2-12H2,1H3,(H,22,23,24,28);12H,3-11H2,1-2H3,(H,20,21,22,25). The number of carbonyl (C=O) groups excluding carboxylic acids is 4. The van der Waals surface area contributed by atoms with Gasteiger partial charge in [0.1, 0.15) is 13.1 Å². The molecule has 0 radical (unpaired) electrons. The number of amides is 2. The molecule has 2 saturated heterocycles. The van der Waals surface area contributed by atoms with Gasteiger partial charge in [0.25, 0.3) is 0 Å². The van der Waals surface area contributed by atoms with Crippen LogP contribution in [0.5, 0.6) is 0 Å². The fourth-order valence-corrected chi connectivity index (χ4v) is 6.99. The predicted molar refractivity (Wildman–Crippen MR) is 213 cm³/mol. The van der Waals surface area contributed by atoms with Crippen molar-refractivity contribution in [1.29, 1.82) is 0 Å². The lowest BCUT2D eigenvalue weighted by molar-refractivity contribution is -0.144. The maximum Gasteiger partial charge on any atom is 0.326 e. The van der Waals surface area contributed by atoms with E-state index in [-0.39, 0.29) is 54.7 Å². The summed E-state index contributed by atoms with van der Waals surface area (Å²) in [6.07, 6.45) is 10.4. The number of carbonyl (C=O) groups is 4. The van der Waals surface area contributed by atoms with Crippen molar-refractivity contribution in [3.05, 3.63) is 12.7 Å². The molecule has 2 amide bonds. The summed E-state index contributed by atoms with van der Waals surface area (Å²) < 4.78 is 24.2. The molecule has 0 spiro atoms. The quantitative estimate of drug-likeness (QED) is 0.175. The predicted octanol–water partition coefficient (Wildman–Crippen LogP) is 3.10. The molecule has 4 aromatic rings. The summed E-state index contributed by atoms with van der Waals surface area (Å²) in [5.74, 6) is 0.800. The number of fused-ring (bicyclic) bond motifs is 2. The van der Waals surface area contributed by atoms with Crippen LogP contribution in [0.1, 0.15) is 72.1 Å². The van der Waals surface area contributed by atoms with E-state index in [0.29, 0.717) is 106 Å². The van der Waals surface area contributed by atoms with E-state index in [1.165, 1.54) is 6.42 Å². The zero-order chi connectivity index (χ0) is 40.9. The number of nitrogens with one attached hydrogen (secondary N) is 2. The van der Waals surface area contributed by atoms with Gasteiger partial charge in [-0.2, -0.15) is 19.9 Å². The van der Waals surface area contributed by atoms with Crippen LogP contribution in [-0.2, 0) is 51.2 Å². The number of imidazole rings is 2. The minimum Gasteiger partial charge on any atom is -0.465 e. The van der Waals surface area contributed by atoms with Gasteiger partial charge in [0.15, 0.2) is 34.0 Å². The zero-order valence-corrected chi connectivity index (χ0v) is 33.6. The SMILES string of the molecule is CCCCC(=O)Nc1nc(N2CCOCC2)c2ncn(CC(=O)OCC)c2n1.CCOC(=O)Cn1cnc2c(N3CCOCC3)nc(NC(=O)C3CCCCC3)nc21. The third-order valence-corrected chi connectivity index (χ3v) is 9.94. The number of hydrogen-bond donors (Lipinski definition) is 2. The maximum atomic E-state index is 12.8. The smallest absolute Gasteiger partial charge is 0.326 e. The molecule has 1 saturated carbocycles. The number of unbranched alkanes of at least 4 members (excludes halogenated alkanes) is 1. The number of nitrogens with zero attached hydrogens (tertiary/aromatic N) is 10. The largest absolute Gasteiger partial charge is 0.465 e. The lowest BCUT2D eigenvalue weighted by Gasteiger charge is -2.28. The molecule has 0 aromatic carbocycles. The molecule has 314 valence electrons. The van der Waals surface area contributed by atoms with Crippen LogP contribution in [0.3, 0.4) is 0 Å². The van der Waals surface area contributed by atoms with Gasteiger partial charge >= 0.3 is 11.9 Å². The molecule has 4 aromatic heterocycles. The highest BCUT2D eigenvalue weighted by Gasteiger charge is 2.26. The monoisotopic (exact) mass is 806 g/mol. The fraction of sp³-hybridized carbons (Fsp3) is 0.632. The van der Waals surface area contributed by atoms with Crippen LogP contribution < -0.4 is 20.4 Å². The Morgan fingerprint density at radius 3 is 1.64 bits per heavy atom. The van der Waals surface area contributed by atoms with Gasteiger partial charge in [-0.25, -0.2) is 9.97 Å². The molecular weight excluding hydrogens is 752 g/mol. The Morgan fingerprint density at radius 1 is 0.690 bits per heavy atom. The van der Waals surface area contributed by atoms with E-state index in [0.717, 1.165) is 38.5 Å². The van der Waals surface area contributed by atoms with Crippen LogP contribution >= 0.6 is 0 Å². The topological polar surface area (TPSA) is 223 Å². The van der Waals surface area contributed by atoms with E-state index in [2.05, 4.69) is 50.3 Å². The number of hydrogen-bond acceptors (Lipinski definition) is 16. The Bertz CT molecular complexity index is 2020. The summed E-state index contributed by atoms with van der Waals surface area (Å²) in [5, 5.41) is 5.67. The summed E-state index contributed by atoms with van der Waals surface area (Å²) in [6.45, 7) is 11.2. The summed E-state index contributed by atoms with van der Waals surface area (Å²) in [6, 6.07) is 0. The first-order chi connectivity index (χ1) is 28.3. The molecule has 0 bridgehead atoms. The average molecular weight is 807 g/mol. The Hall–Kier alpha value is -5.50. The normalized spacial score (nSPS) is 16.1. The first-order valence-electron chi connectivity index (χ1n) is 20.3. The van der Waals surface area contributed by atoms with Gasteiger partial charge in [-0.15, -0.1) is 0 Å². The molecule has 2 N–H and O–H groups in total. The summed E-state index contributed by atoms with van der Waals surface area (Å²) in [4.78, 5) is 80.0. The number of anilines is 4. The second kappa shape index (κ2) is 20.8. The molecule has 20 heteroatoms. The second-order valence-corrected chi connectivity index (χ2v) is 14.1. The Morgan fingerprint density at radius 2 is 1.17 bits per heavy atom. The number of esters is 2. The van der Waals surface area contributed by atoms with Crippen molar-refractivity contribution in [3.8, 4) is 0 Å². The lowest BCUT2D eigenvalue weighted by atomic mass is 9.89. The van der Waals surface area contributed by atoms with E-state index in [1.807, 2.05) is 6.92 Å². The summed E-state index contributed by atoms with van der Waals surface area (Å²) in [7, 11) is 0. The average Bonchev–Trinajstić information content (AvgIpc) is 3.84. The molecule has 0 atom stereocenters. The Labute approximate surface area is 336 Å². The summed E-state index contributed by atoms with van der Waals surface area (Å²) >= 11 is 0. The molecule has 1 aliphatic carbocycles. The molecule has 6 heterocycles. The molecule has 3 fully saturated rings. The highest BCUT2D eigenvalue weighted by atomic mass is 16.5. The third kappa shape index (κ3) is 10.9. The zero-order valence-electron chi connectivity index (χ0n) is 33.6. The highest BCUT2D eigenvalue weighted by molar-refractivity contribution is 5.94. The van der Waals surface area contributed by atoms with E-state index in [1.54, 1.807) is 35.6 Å². The van der Waals surface area contributed by atoms with Gasteiger partial charge < -0.3 is 37.9 Å². The minimum absolute atomic E-state index is 0.0000835. The number of aromatic nitrogens is 8. The van der Waals surface area contributed by atoms with E-state index < -0.39 is 0 Å². The molecular formula is C38H54N12O8. The van der Waals surface area contributed by atoms with E-state index >= 15 is 0 Å². The van der Waals surface area contributed by atoms with Crippen molar-refractivity contribution < 1.29 is 38.1 Å². The van der Waals surface area contributed by atoms with Crippen molar-refractivity contribution in [1.82, 2.24) is 39.0 Å². The first-order valence-corrected chi connectivity index (χ1v) is 20.3. The van der Waals surface area contributed by atoms with Crippen LogP contribution in [0.15, 0.2) is 12.7 Å². The van der Waals surface area contributed by atoms with Gasteiger partial charge in [0.05, 0.1) is 52.3 Å². The van der Waals surface area contributed by atoms with Gasteiger partial charge in [-0.05, 0) is 33.1 Å². The third-order valence-electron chi connectivity index (χ3n) is 9.94. The first kappa shape index (κ1) is 42.1. The van der Waals surface area contributed by atoms with E-state index in [9.17, 15) is 19.2 Å². The van der Waals surface area contributed by atoms with Crippen molar-refractivity contribution in [2.45, 2.75) is 85.2 Å². The van der Waals surface area contributed by atoms with Gasteiger partial charge in [0, 0.05) is 38.5 Å². The van der Waals surface area contributed by atoms with Crippen LogP contribution in [-0.4, -0.2) is 129 Å². The molecule has 3 aliphatic rings. The van der Waals surface area contributed by atoms with Gasteiger partial charge in [-0.1, -0.05) is 32.6 Å². The minimum atomic E-state index is -0.373. The molecule has 20 nitrogen and oxygen atoms in total. The fourth-order valence-electron chi connectivity index (χ4n) is 6.99. The van der Waals surface area contributed by atoms with Crippen molar-refractivity contribution in [3.63, 3.8) is 0 Å². The summed E-state index contributed by atoms with van der Waals surface area (Å²) in [5.41, 5.74) is 2.16. The Kier molecular flexibility index (Phi) is 15.1. The second-order valence-electron chi connectivity index (χ2n) is 14.1. The van der Waals surface area contributed by atoms with E-state index in [4.69, 9.17) is 18.9 Å². The van der Waals surface area contributed by atoms with Crippen LogP contribution in [0.2, 0.25) is 0 Å². The van der Waals surface area contributed by atoms with Gasteiger partial charge in [-0.3, -0.25) is 29.8 Å². The molecule has 0 unspecified atom stereocenters. The van der Waals surface area contributed by atoms with Crippen LogP contribution in [0, 0.1) is 5.92 Å². The van der Waals surface area contributed by atoms with Gasteiger partial charge in [0.2, 0.25) is 23.7 Å². The van der Waals surface area contributed by atoms with Crippen molar-refractivity contribution >= 4 is 69.6 Å². The number of morpholine rings is 2. The Balaban J connectivity index is 0.000000196. The molecule has 2 aliphatic heterocycles. The highest BCUT2D eigenvalue weighted by Crippen LogP contribution is 2.28. The number of ether oxygens (including phenoxy) is 4. The molecule has 58 heavy (non-hydrogen) atoms. The van der Waals surface area contributed by atoms with Crippen LogP contribution in [0.25, 0.3) is 22.3 Å². The molecule has 7 rings (SSSR count). The van der Waals surface area contributed by atoms with Crippen LogP contribution in [0.4, 0.5) is 23.5 Å². The van der Waals surface area contributed by atoms with Crippen molar-refractivity contribution in [2.75, 3.05) is 86.3 Å². The maximum absolute atomic E-state index is 12.8.